The van der Waals surface area contributed by atoms with E-state index in [-0.39, 0.29) is 6.04 Å². The average molecular weight is 350 g/mol. The molecule has 25 heavy (non-hydrogen) atoms. The van der Waals surface area contributed by atoms with E-state index in [1.165, 1.54) is 22.3 Å². The lowest BCUT2D eigenvalue weighted by molar-refractivity contribution is 0.305. The molecule has 0 aliphatic carbocycles. The Morgan fingerprint density at radius 3 is 2.68 bits per heavy atom. The van der Waals surface area contributed by atoms with E-state index < -0.39 is 0 Å². The quantitative estimate of drug-likeness (QED) is 0.703. The van der Waals surface area contributed by atoms with Crippen molar-refractivity contribution in [1.29, 1.82) is 0 Å². The summed E-state index contributed by atoms with van der Waals surface area (Å²) in [6.07, 6.45) is 1.01. The summed E-state index contributed by atoms with van der Waals surface area (Å²) in [5.74, 6) is 0.925. The molecule has 3 aromatic rings. The molecule has 1 aliphatic rings. The number of fused-ring (bicyclic) bond motifs is 1. The molecule has 0 fully saturated rings. The van der Waals surface area contributed by atoms with E-state index in [0.29, 0.717) is 6.61 Å². The Kier molecular flexibility index (Phi) is 4.73. The maximum absolute atomic E-state index is 6.17. The fourth-order valence-corrected chi connectivity index (χ4v) is 3.55. The highest BCUT2D eigenvalue weighted by atomic mass is 35.5. The summed E-state index contributed by atoms with van der Waals surface area (Å²) < 4.78 is 5.98. The van der Waals surface area contributed by atoms with Crippen LogP contribution in [0.4, 0.5) is 0 Å². The lowest BCUT2D eigenvalue weighted by atomic mass is 9.90. The van der Waals surface area contributed by atoms with Crippen LogP contribution in [0.2, 0.25) is 5.02 Å². The van der Waals surface area contributed by atoms with E-state index in [1.807, 2.05) is 36.4 Å². The summed E-state index contributed by atoms with van der Waals surface area (Å²) in [5, 5.41) is 4.37. The molecule has 0 saturated heterocycles. The first-order valence-electron chi connectivity index (χ1n) is 8.58. The van der Waals surface area contributed by atoms with Gasteiger partial charge in [0.1, 0.15) is 12.4 Å². The summed E-state index contributed by atoms with van der Waals surface area (Å²) in [6, 6.07) is 24.9. The first-order chi connectivity index (χ1) is 12.3. The predicted molar refractivity (Wildman–Crippen MR) is 102 cm³/mol. The average Bonchev–Trinajstić information content (AvgIpc) is 2.66. The maximum Gasteiger partial charge on any atom is 0.120 e. The largest absolute Gasteiger partial charge is 0.489 e. The van der Waals surface area contributed by atoms with Crippen molar-refractivity contribution < 1.29 is 4.74 Å². The van der Waals surface area contributed by atoms with Crippen LogP contribution in [-0.2, 0) is 13.0 Å². The number of halogens is 1. The van der Waals surface area contributed by atoms with Crippen molar-refractivity contribution in [2.75, 3.05) is 6.54 Å². The van der Waals surface area contributed by atoms with Crippen LogP contribution in [0.5, 0.6) is 5.75 Å². The van der Waals surface area contributed by atoms with Gasteiger partial charge in [-0.05, 0) is 52.9 Å². The Morgan fingerprint density at radius 1 is 0.960 bits per heavy atom. The Bertz CT molecular complexity index is 863. The van der Waals surface area contributed by atoms with Gasteiger partial charge < -0.3 is 10.1 Å². The molecule has 0 saturated carbocycles. The third-order valence-corrected chi connectivity index (χ3v) is 4.83. The minimum atomic E-state index is 0.186. The Hall–Kier alpha value is -2.29. The standard InChI is InChI=1S/C22H20ClNO/c23-19-8-4-7-18(13-19)22-21-10-9-20(14-17(21)11-12-24-22)25-15-16-5-2-1-3-6-16/h1-10,13-14,22,24H,11-12,15H2. The second-order valence-electron chi connectivity index (χ2n) is 6.33. The normalized spacial score (nSPS) is 16.3. The van der Waals surface area contributed by atoms with Gasteiger partial charge in [0.15, 0.2) is 0 Å². The van der Waals surface area contributed by atoms with Gasteiger partial charge in [0.05, 0.1) is 6.04 Å². The summed E-state index contributed by atoms with van der Waals surface area (Å²) in [5.41, 5.74) is 5.03. The molecule has 3 heteroatoms. The topological polar surface area (TPSA) is 21.3 Å². The van der Waals surface area contributed by atoms with E-state index in [4.69, 9.17) is 16.3 Å². The number of ether oxygens (including phenoxy) is 1. The third kappa shape index (κ3) is 3.71. The maximum atomic E-state index is 6.17. The van der Waals surface area contributed by atoms with Gasteiger partial charge in [-0.15, -0.1) is 0 Å². The van der Waals surface area contributed by atoms with Gasteiger partial charge in [-0.25, -0.2) is 0 Å². The zero-order valence-corrected chi connectivity index (χ0v) is 14.7. The van der Waals surface area contributed by atoms with E-state index >= 15 is 0 Å². The van der Waals surface area contributed by atoms with Gasteiger partial charge >= 0.3 is 0 Å². The minimum Gasteiger partial charge on any atom is -0.489 e. The van der Waals surface area contributed by atoms with E-state index in [9.17, 15) is 0 Å². The molecule has 126 valence electrons. The van der Waals surface area contributed by atoms with Crippen LogP contribution in [0.15, 0.2) is 72.8 Å². The Labute approximate surface area is 153 Å². The predicted octanol–water partition coefficient (Wildman–Crippen LogP) is 5.15. The van der Waals surface area contributed by atoms with Gasteiger partial charge in [0.2, 0.25) is 0 Å². The van der Waals surface area contributed by atoms with Gasteiger partial charge in [-0.3, -0.25) is 0 Å². The number of rotatable bonds is 4. The van der Waals surface area contributed by atoms with Gasteiger partial charge in [0.25, 0.3) is 0 Å². The Morgan fingerprint density at radius 2 is 1.84 bits per heavy atom. The molecule has 0 spiro atoms. The summed E-state index contributed by atoms with van der Waals surface area (Å²) in [6.45, 7) is 1.54. The number of nitrogens with one attached hydrogen (secondary N) is 1. The van der Waals surface area contributed by atoms with Crippen molar-refractivity contribution in [3.8, 4) is 5.75 Å². The van der Waals surface area contributed by atoms with E-state index in [2.05, 4.69) is 41.7 Å². The highest BCUT2D eigenvalue weighted by Gasteiger charge is 2.21. The zero-order valence-electron chi connectivity index (χ0n) is 13.9. The van der Waals surface area contributed by atoms with Crippen molar-refractivity contribution in [2.24, 2.45) is 0 Å². The van der Waals surface area contributed by atoms with Crippen molar-refractivity contribution in [3.05, 3.63) is 100 Å². The highest BCUT2D eigenvalue weighted by molar-refractivity contribution is 6.30. The SMILES string of the molecule is Clc1cccc(C2NCCc3cc(OCc4ccccc4)ccc32)c1. The minimum absolute atomic E-state index is 0.186. The second-order valence-corrected chi connectivity index (χ2v) is 6.76. The molecule has 1 atom stereocenters. The number of hydrogen-bond donors (Lipinski definition) is 1. The third-order valence-electron chi connectivity index (χ3n) is 4.60. The Balaban J connectivity index is 1.56. The summed E-state index contributed by atoms with van der Waals surface area (Å²) >= 11 is 6.17. The monoisotopic (exact) mass is 349 g/mol. The fraction of sp³-hybridized carbons (Fsp3) is 0.182. The van der Waals surface area contributed by atoms with Crippen molar-refractivity contribution in [3.63, 3.8) is 0 Å². The lowest BCUT2D eigenvalue weighted by Crippen LogP contribution is -2.30. The molecule has 3 aromatic carbocycles. The molecule has 1 aliphatic heterocycles. The second kappa shape index (κ2) is 7.30. The molecule has 0 aromatic heterocycles. The lowest BCUT2D eigenvalue weighted by Gasteiger charge is -2.28. The molecule has 2 nitrogen and oxygen atoms in total. The van der Waals surface area contributed by atoms with Gasteiger partial charge in [-0.1, -0.05) is 60.1 Å². The molecular formula is C22H20ClNO. The zero-order chi connectivity index (χ0) is 17.1. The van der Waals surface area contributed by atoms with Crippen LogP contribution in [0, 0.1) is 0 Å². The first kappa shape index (κ1) is 16.2. The molecular weight excluding hydrogens is 330 g/mol. The van der Waals surface area contributed by atoms with Crippen molar-refractivity contribution in [2.45, 2.75) is 19.1 Å². The van der Waals surface area contributed by atoms with E-state index in [0.717, 1.165) is 23.7 Å². The van der Waals surface area contributed by atoms with Crippen LogP contribution < -0.4 is 10.1 Å². The molecule has 0 amide bonds. The van der Waals surface area contributed by atoms with Crippen LogP contribution in [0.1, 0.15) is 28.3 Å². The molecule has 0 radical (unpaired) electrons. The van der Waals surface area contributed by atoms with E-state index in [1.54, 1.807) is 0 Å². The van der Waals surface area contributed by atoms with Crippen molar-refractivity contribution >= 4 is 11.6 Å². The first-order valence-corrected chi connectivity index (χ1v) is 8.96. The smallest absolute Gasteiger partial charge is 0.120 e. The van der Waals surface area contributed by atoms with Gasteiger partial charge in [-0.2, -0.15) is 0 Å². The molecule has 1 heterocycles. The van der Waals surface area contributed by atoms with Crippen LogP contribution in [-0.4, -0.2) is 6.54 Å². The van der Waals surface area contributed by atoms with Crippen molar-refractivity contribution in [1.82, 2.24) is 5.32 Å². The van der Waals surface area contributed by atoms with Crippen LogP contribution >= 0.6 is 11.6 Å². The fourth-order valence-electron chi connectivity index (χ4n) is 3.36. The highest BCUT2D eigenvalue weighted by Crippen LogP contribution is 2.32. The molecule has 4 rings (SSSR count). The molecule has 1 N–H and O–H groups in total. The van der Waals surface area contributed by atoms with Gasteiger partial charge in [0, 0.05) is 11.6 Å². The summed E-state index contributed by atoms with van der Waals surface area (Å²) in [4.78, 5) is 0. The van der Waals surface area contributed by atoms with Crippen LogP contribution in [0.3, 0.4) is 0 Å². The van der Waals surface area contributed by atoms with Crippen LogP contribution in [0.25, 0.3) is 0 Å². The molecule has 1 unspecified atom stereocenters. The number of benzene rings is 3. The molecule has 0 bridgehead atoms. The number of hydrogen-bond acceptors (Lipinski definition) is 2. The summed E-state index contributed by atoms with van der Waals surface area (Å²) in [7, 11) is 0.